The first kappa shape index (κ1) is 19.3. The Morgan fingerprint density at radius 1 is 0.821 bits per heavy atom. The Morgan fingerprint density at radius 2 is 1.36 bits per heavy atom. The van der Waals surface area contributed by atoms with Crippen molar-refractivity contribution in [3.63, 3.8) is 0 Å². The summed E-state index contributed by atoms with van der Waals surface area (Å²) in [5.74, 6) is -0.978. The topological polar surface area (TPSA) is 75.6 Å². The minimum absolute atomic E-state index is 0.0991. The zero-order valence-corrected chi connectivity index (χ0v) is 15.2. The Balaban J connectivity index is 1.64. The van der Waals surface area contributed by atoms with E-state index in [1.54, 1.807) is 24.3 Å². The van der Waals surface area contributed by atoms with E-state index in [0.717, 1.165) is 11.1 Å². The molecule has 0 aliphatic heterocycles. The van der Waals surface area contributed by atoms with Gasteiger partial charge in [-0.15, -0.1) is 0 Å². The molecule has 0 saturated heterocycles. The molecule has 0 heterocycles. The van der Waals surface area contributed by atoms with Crippen LogP contribution in [-0.4, -0.2) is 23.6 Å². The molecule has 0 aliphatic carbocycles. The van der Waals surface area contributed by atoms with Gasteiger partial charge in [-0.05, 0) is 28.8 Å². The maximum atomic E-state index is 12.4. The number of benzene rings is 3. The van der Waals surface area contributed by atoms with Crippen LogP contribution in [0.1, 0.15) is 33.1 Å². The molecule has 0 atom stereocenters. The molecule has 1 amide bonds. The lowest BCUT2D eigenvalue weighted by molar-refractivity contribution is -0.124. The molecule has 3 aromatic carbocycles. The lowest BCUT2D eigenvalue weighted by Crippen LogP contribution is -2.33. The molecule has 0 saturated carbocycles. The third kappa shape index (κ3) is 5.05. The average molecular weight is 375 g/mol. The molecule has 0 bridgehead atoms. The SMILES string of the molecule is O=C(COC(=O)c1ccc(CO)cc1)NC(c1ccccc1)c1ccccc1. The fourth-order valence-corrected chi connectivity index (χ4v) is 2.81. The summed E-state index contributed by atoms with van der Waals surface area (Å²) in [6.45, 7) is -0.477. The molecular weight excluding hydrogens is 354 g/mol. The molecule has 3 rings (SSSR count). The van der Waals surface area contributed by atoms with Crippen LogP contribution >= 0.6 is 0 Å². The van der Waals surface area contributed by atoms with Crippen molar-refractivity contribution in [2.45, 2.75) is 12.6 Å². The van der Waals surface area contributed by atoms with Crippen LogP contribution in [0.15, 0.2) is 84.9 Å². The van der Waals surface area contributed by atoms with Gasteiger partial charge in [0.2, 0.25) is 0 Å². The van der Waals surface area contributed by atoms with Gasteiger partial charge < -0.3 is 15.2 Å². The number of ether oxygens (including phenoxy) is 1. The second kappa shape index (κ2) is 9.48. The average Bonchev–Trinajstić information content (AvgIpc) is 2.77. The predicted molar refractivity (Wildman–Crippen MR) is 106 cm³/mol. The Bertz CT molecular complexity index is 869. The molecule has 0 radical (unpaired) electrons. The molecule has 3 aromatic rings. The van der Waals surface area contributed by atoms with Gasteiger partial charge >= 0.3 is 5.97 Å². The number of carbonyl (C=O) groups excluding carboxylic acids is 2. The Morgan fingerprint density at radius 3 is 1.86 bits per heavy atom. The monoisotopic (exact) mass is 375 g/mol. The van der Waals surface area contributed by atoms with Crippen LogP contribution < -0.4 is 5.32 Å². The number of esters is 1. The van der Waals surface area contributed by atoms with Crippen molar-refractivity contribution in [2.75, 3.05) is 6.61 Å². The minimum atomic E-state index is -0.587. The molecule has 0 spiro atoms. The van der Waals surface area contributed by atoms with E-state index < -0.39 is 11.9 Å². The Kier molecular flexibility index (Phi) is 6.54. The molecule has 0 fully saturated rings. The van der Waals surface area contributed by atoms with Crippen molar-refractivity contribution in [3.8, 4) is 0 Å². The Labute approximate surface area is 163 Å². The molecule has 142 valence electrons. The summed E-state index contributed by atoms with van der Waals surface area (Å²) in [6, 6.07) is 25.3. The summed E-state index contributed by atoms with van der Waals surface area (Å²) in [5.41, 5.74) is 2.90. The van der Waals surface area contributed by atoms with Crippen LogP contribution in [0.4, 0.5) is 0 Å². The summed E-state index contributed by atoms with van der Waals surface area (Å²) >= 11 is 0. The van der Waals surface area contributed by atoms with Gasteiger partial charge in [-0.25, -0.2) is 4.79 Å². The lowest BCUT2D eigenvalue weighted by Gasteiger charge is -2.20. The zero-order valence-electron chi connectivity index (χ0n) is 15.2. The lowest BCUT2D eigenvalue weighted by atomic mass is 9.99. The highest BCUT2D eigenvalue weighted by atomic mass is 16.5. The number of hydrogen-bond donors (Lipinski definition) is 2. The van der Waals surface area contributed by atoms with Gasteiger partial charge in [0.25, 0.3) is 5.91 Å². The molecule has 5 heteroatoms. The van der Waals surface area contributed by atoms with E-state index in [1.807, 2.05) is 60.7 Å². The van der Waals surface area contributed by atoms with Gasteiger partial charge in [0, 0.05) is 0 Å². The van der Waals surface area contributed by atoms with Crippen molar-refractivity contribution < 1.29 is 19.4 Å². The molecule has 5 nitrogen and oxygen atoms in total. The minimum Gasteiger partial charge on any atom is -0.452 e. The van der Waals surface area contributed by atoms with Crippen LogP contribution in [0.25, 0.3) is 0 Å². The number of aliphatic hydroxyl groups excluding tert-OH is 1. The summed E-state index contributed by atoms with van der Waals surface area (Å²) in [7, 11) is 0. The summed E-state index contributed by atoms with van der Waals surface area (Å²) in [4.78, 5) is 24.5. The fraction of sp³-hybridized carbons (Fsp3) is 0.130. The highest BCUT2D eigenvalue weighted by molar-refractivity contribution is 5.91. The number of nitrogens with one attached hydrogen (secondary N) is 1. The van der Waals surface area contributed by atoms with Gasteiger partial charge in [-0.3, -0.25) is 4.79 Å². The van der Waals surface area contributed by atoms with Crippen LogP contribution in [0.3, 0.4) is 0 Å². The quantitative estimate of drug-likeness (QED) is 0.622. The van der Waals surface area contributed by atoms with E-state index in [4.69, 9.17) is 9.84 Å². The molecule has 2 N–H and O–H groups in total. The standard InChI is InChI=1S/C23H21NO4/c25-15-17-11-13-20(14-12-17)23(27)28-16-21(26)24-22(18-7-3-1-4-8-18)19-9-5-2-6-10-19/h1-14,22,25H,15-16H2,(H,24,26). The summed E-state index contributed by atoms with van der Waals surface area (Å²) in [5, 5.41) is 12.0. The highest BCUT2D eigenvalue weighted by Crippen LogP contribution is 2.21. The second-order valence-corrected chi connectivity index (χ2v) is 6.25. The van der Waals surface area contributed by atoms with Crippen LogP contribution in [0.2, 0.25) is 0 Å². The molecule has 0 unspecified atom stereocenters. The van der Waals surface area contributed by atoms with E-state index in [0.29, 0.717) is 11.1 Å². The van der Waals surface area contributed by atoms with E-state index in [1.165, 1.54) is 0 Å². The first-order valence-electron chi connectivity index (χ1n) is 8.93. The number of carbonyl (C=O) groups is 2. The third-order valence-electron chi connectivity index (χ3n) is 4.28. The molecular formula is C23H21NO4. The first-order valence-corrected chi connectivity index (χ1v) is 8.93. The summed E-state index contributed by atoms with van der Waals surface area (Å²) < 4.78 is 5.12. The van der Waals surface area contributed by atoms with Gasteiger partial charge in [-0.1, -0.05) is 72.8 Å². The van der Waals surface area contributed by atoms with Crippen LogP contribution in [0.5, 0.6) is 0 Å². The maximum Gasteiger partial charge on any atom is 0.338 e. The zero-order chi connectivity index (χ0) is 19.8. The predicted octanol–water partition coefficient (Wildman–Crippen LogP) is 3.24. The number of amides is 1. The third-order valence-corrected chi connectivity index (χ3v) is 4.28. The maximum absolute atomic E-state index is 12.4. The number of aliphatic hydroxyl groups is 1. The Hall–Kier alpha value is -3.44. The normalized spacial score (nSPS) is 10.5. The van der Waals surface area contributed by atoms with E-state index >= 15 is 0 Å². The van der Waals surface area contributed by atoms with Crippen molar-refractivity contribution >= 4 is 11.9 Å². The fourth-order valence-electron chi connectivity index (χ4n) is 2.81. The molecule has 0 aromatic heterocycles. The van der Waals surface area contributed by atoms with E-state index in [-0.39, 0.29) is 19.3 Å². The van der Waals surface area contributed by atoms with Crippen LogP contribution in [0, 0.1) is 0 Å². The van der Waals surface area contributed by atoms with Crippen molar-refractivity contribution in [1.82, 2.24) is 5.32 Å². The first-order chi connectivity index (χ1) is 13.7. The smallest absolute Gasteiger partial charge is 0.338 e. The summed E-state index contributed by atoms with van der Waals surface area (Å²) in [6.07, 6.45) is 0. The number of hydrogen-bond acceptors (Lipinski definition) is 4. The highest BCUT2D eigenvalue weighted by Gasteiger charge is 2.18. The molecule has 28 heavy (non-hydrogen) atoms. The van der Waals surface area contributed by atoms with Crippen molar-refractivity contribution in [2.24, 2.45) is 0 Å². The van der Waals surface area contributed by atoms with Gasteiger partial charge in [0.05, 0.1) is 18.2 Å². The van der Waals surface area contributed by atoms with Gasteiger partial charge in [0.15, 0.2) is 6.61 Å². The largest absolute Gasteiger partial charge is 0.452 e. The van der Waals surface area contributed by atoms with E-state index in [9.17, 15) is 9.59 Å². The van der Waals surface area contributed by atoms with E-state index in [2.05, 4.69) is 5.32 Å². The van der Waals surface area contributed by atoms with Gasteiger partial charge in [0.1, 0.15) is 0 Å². The van der Waals surface area contributed by atoms with Crippen molar-refractivity contribution in [1.29, 1.82) is 0 Å². The second-order valence-electron chi connectivity index (χ2n) is 6.25. The molecule has 0 aliphatic rings. The van der Waals surface area contributed by atoms with Crippen molar-refractivity contribution in [3.05, 3.63) is 107 Å². The van der Waals surface area contributed by atoms with Gasteiger partial charge in [-0.2, -0.15) is 0 Å². The van der Waals surface area contributed by atoms with Crippen LogP contribution in [-0.2, 0) is 16.1 Å². The number of rotatable bonds is 7.